The molecule has 20 heavy (non-hydrogen) atoms. The van der Waals surface area contributed by atoms with Crippen molar-refractivity contribution in [1.29, 1.82) is 0 Å². The highest BCUT2D eigenvalue weighted by atomic mass is 16.4. The number of furan rings is 1. The average Bonchev–Trinajstić information content (AvgIpc) is 2.84. The summed E-state index contributed by atoms with van der Waals surface area (Å²) in [5.41, 5.74) is 0.939. The number of nitrogens with one attached hydrogen (secondary N) is 1. The van der Waals surface area contributed by atoms with E-state index in [-0.39, 0.29) is 0 Å². The molecule has 0 saturated heterocycles. The van der Waals surface area contributed by atoms with E-state index in [9.17, 15) is 9.90 Å². The van der Waals surface area contributed by atoms with Gasteiger partial charge in [-0.25, -0.2) is 4.79 Å². The van der Waals surface area contributed by atoms with E-state index in [0.717, 1.165) is 0 Å². The Labute approximate surface area is 117 Å². The van der Waals surface area contributed by atoms with Crippen molar-refractivity contribution in [3.05, 3.63) is 35.6 Å². The highest BCUT2D eigenvalue weighted by molar-refractivity contribution is 6.03. The smallest absolute Gasteiger partial charge is 0.339 e. The fourth-order valence-corrected chi connectivity index (χ4v) is 3.00. The molecule has 4 heteroatoms. The number of aromatic carboxylic acids is 1. The first-order valence-corrected chi connectivity index (χ1v) is 7.23. The van der Waals surface area contributed by atoms with E-state index >= 15 is 0 Å². The Morgan fingerprint density at radius 2 is 2.00 bits per heavy atom. The van der Waals surface area contributed by atoms with Crippen LogP contribution >= 0.6 is 0 Å². The third-order valence-corrected chi connectivity index (χ3v) is 4.04. The number of carboxylic acids is 1. The molecule has 0 radical (unpaired) electrons. The van der Waals surface area contributed by atoms with Crippen molar-refractivity contribution in [3.63, 3.8) is 0 Å². The zero-order chi connectivity index (χ0) is 13.9. The summed E-state index contributed by atoms with van der Waals surface area (Å²) in [4.78, 5) is 11.5. The largest absolute Gasteiger partial charge is 0.478 e. The molecule has 0 amide bonds. The van der Waals surface area contributed by atoms with Gasteiger partial charge in [0.15, 0.2) is 0 Å². The van der Waals surface area contributed by atoms with Crippen LogP contribution in [0.3, 0.4) is 0 Å². The van der Waals surface area contributed by atoms with E-state index in [2.05, 4.69) is 5.32 Å². The van der Waals surface area contributed by atoms with Crippen molar-refractivity contribution < 1.29 is 14.3 Å². The van der Waals surface area contributed by atoms with E-state index in [1.165, 1.54) is 32.1 Å². The standard InChI is InChI=1S/C16H19NO3/c18-16(19)15-12-8-4-5-9-13(12)20-14(15)10-17-11-6-2-1-3-7-11/h4-5,8-9,11,17H,1-3,6-7,10H2,(H,18,19). The summed E-state index contributed by atoms with van der Waals surface area (Å²) in [5, 5.41) is 13.5. The molecule has 3 rings (SSSR count). The van der Waals surface area contributed by atoms with Gasteiger partial charge in [0.1, 0.15) is 16.9 Å². The van der Waals surface area contributed by atoms with Crippen LogP contribution in [0.5, 0.6) is 0 Å². The van der Waals surface area contributed by atoms with E-state index in [1.54, 1.807) is 6.07 Å². The zero-order valence-corrected chi connectivity index (χ0v) is 11.4. The second kappa shape index (κ2) is 5.67. The highest BCUT2D eigenvalue weighted by Gasteiger charge is 2.21. The summed E-state index contributed by atoms with van der Waals surface area (Å²) in [6.45, 7) is 0.487. The highest BCUT2D eigenvalue weighted by Crippen LogP contribution is 2.26. The Morgan fingerprint density at radius 1 is 1.25 bits per heavy atom. The van der Waals surface area contributed by atoms with E-state index in [0.29, 0.717) is 34.9 Å². The van der Waals surface area contributed by atoms with E-state index in [4.69, 9.17) is 4.42 Å². The van der Waals surface area contributed by atoms with Gasteiger partial charge in [-0.15, -0.1) is 0 Å². The van der Waals surface area contributed by atoms with Gasteiger partial charge in [0, 0.05) is 11.4 Å². The molecule has 4 nitrogen and oxygen atoms in total. The zero-order valence-electron chi connectivity index (χ0n) is 11.4. The molecule has 0 aliphatic heterocycles. The molecule has 1 saturated carbocycles. The normalized spacial score (nSPS) is 16.6. The van der Waals surface area contributed by atoms with Crippen LogP contribution in [0.1, 0.15) is 48.2 Å². The lowest BCUT2D eigenvalue weighted by molar-refractivity contribution is 0.0696. The SMILES string of the molecule is O=C(O)c1c(CNC2CCCCC2)oc2ccccc12. The molecule has 0 bridgehead atoms. The van der Waals surface area contributed by atoms with Crippen LogP contribution in [0.4, 0.5) is 0 Å². The first-order chi connectivity index (χ1) is 9.75. The maximum atomic E-state index is 11.5. The fourth-order valence-electron chi connectivity index (χ4n) is 3.00. The number of hydrogen-bond donors (Lipinski definition) is 2. The molecule has 1 heterocycles. The molecular weight excluding hydrogens is 254 g/mol. The molecule has 106 valence electrons. The summed E-state index contributed by atoms with van der Waals surface area (Å²) in [6, 6.07) is 7.79. The van der Waals surface area contributed by atoms with Gasteiger partial charge in [0.2, 0.25) is 0 Å². The van der Waals surface area contributed by atoms with Crippen LogP contribution < -0.4 is 5.32 Å². The fraction of sp³-hybridized carbons (Fsp3) is 0.438. The summed E-state index contributed by atoms with van der Waals surface area (Å²) >= 11 is 0. The number of fused-ring (bicyclic) bond motifs is 1. The van der Waals surface area contributed by atoms with Crippen molar-refractivity contribution in [1.82, 2.24) is 5.32 Å². The molecule has 2 N–H and O–H groups in total. The van der Waals surface area contributed by atoms with Crippen LogP contribution in [0.15, 0.2) is 28.7 Å². The maximum absolute atomic E-state index is 11.5. The minimum Gasteiger partial charge on any atom is -0.478 e. The molecule has 2 aromatic rings. The van der Waals surface area contributed by atoms with E-state index in [1.807, 2.05) is 18.2 Å². The Bertz CT molecular complexity index is 611. The molecule has 1 fully saturated rings. The third kappa shape index (κ3) is 2.56. The second-order valence-corrected chi connectivity index (χ2v) is 5.42. The third-order valence-electron chi connectivity index (χ3n) is 4.04. The quantitative estimate of drug-likeness (QED) is 0.894. The number of para-hydroxylation sites is 1. The van der Waals surface area contributed by atoms with Gasteiger partial charge >= 0.3 is 5.97 Å². The van der Waals surface area contributed by atoms with Crippen LogP contribution in [-0.2, 0) is 6.54 Å². The Kier molecular flexibility index (Phi) is 3.74. The Hall–Kier alpha value is -1.81. The molecule has 1 aliphatic carbocycles. The Morgan fingerprint density at radius 3 is 2.75 bits per heavy atom. The maximum Gasteiger partial charge on any atom is 0.339 e. The van der Waals surface area contributed by atoms with Gasteiger partial charge in [0.05, 0.1) is 6.54 Å². The summed E-state index contributed by atoms with van der Waals surface area (Å²) in [5.74, 6) is -0.389. The average molecular weight is 273 g/mol. The van der Waals surface area contributed by atoms with Gasteiger partial charge in [0.25, 0.3) is 0 Å². The lowest BCUT2D eigenvalue weighted by Gasteiger charge is -2.22. The van der Waals surface area contributed by atoms with Crippen molar-refractivity contribution in [3.8, 4) is 0 Å². The van der Waals surface area contributed by atoms with Crippen molar-refractivity contribution >= 4 is 16.9 Å². The minimum atomic E-state index is -0.921. The van der Waals surface area contributed by atoms with Gasteiger partial charge in [-0.1, -0.05) is 37.5 Å². The van der Waals surface area contributed by atoms with Gasteiger partial charge in [-0.05, 0) is 18.9 Å². The molecule has 0 unspecified atom stereocenters. The van der Waals surface area contributed by atoms with E-state index < -0.39 is 5.97 Å². The monoisotopic (exact) mass is 273 g/mol. The number of benzene rings is 1. The van der Waals surface area contributed by atoms with Gasteiger partial charge < -0.3 is 14.8 Å². The summed E-state index contributed by atoms with van der Waals surface area (Å²) in [7, 11) is 0. The lowest BCUT2D eigenvalue weighted by atomic mass is 9.95. The Balaban J connectivity index is 1.82. The molecular formula is C16H19NO3. The van der Waals surface area contributed by atoms with Crippen LogP contribution in [0.25, 0.3) is 11.0 Å². The summed E-state index contributed by atoms with van der Waals surface area (Å²) in [6.07, 6.45) is 6.15. The minimum absolute atomic E-state index is 0.295. The van der Waals surface area contributed by atoms with Crippen LogP contribution in [0.2, 0.25) is 0 Å². The predicted octanol–water partition coefficient (Wildman–Crippen LogP) is 3.55. The summed E-state index contributed by atoms with van der Waals surface area (Å²) < 4.78 is 5.71. The van der Waals surface area contributed by atoms with Crippen molar-refractivity contribution in [2.45, 2.75) is 44.7 Å². The van der Waals surface area contributed by atoms with Gasteiger partial charge in [-0.2, -0.15) is 0 Å². The molecule has 1 aromatic carbocycles. The molecule has 0 spiro atoms. The van der Waals surface area contributed by atoms with Crippen LogP contribution in [0, 0.1) is 0 Å². The van der Waals surface area contributed by atoms with Crippen molar-refractivity contribution in [2.24, 2.45) is 0 Å². The number of rotatable bonds is 4. The number of hydrogen-bond acceptors (Lipinski definition) is 3. The second-order valence-electron chi connectivity index (χ2n) is 5.42. The topological polar surface area (TPSA) is 62.5 Å². The number of carbonyl (C=O) groups is 1. The van der Waals surface area contributed by atoms with Gasteiger partial charge in [-0.3, -0.25) is 0 Å². The predicted molar refractivity (Wildman–Crippen MR) is 76.9 cm³/mol. The number of carboxylic acid groups (broad SMARTS) is 1. The van der Waals surface area contributed by atoms with Crippen LogP contribution in [-0.4, -0.2) is 17.1 Å². The lowest BCUT2D eigenvalue weighted by Crippen LogP contribution is -2.30. The first kappa shape index (κ1) is 13.2. The molecule has 1 aromatic heterocycles. The molecule has 0 atom stereocenters. The van der Waals surface area contributed by atoms with Crippen molar-refractivity contribution in [2.75, 3.05) is 0 Å². The first-order valence-electron chi connectivity index (χ1n) is 7.23. The molecule has 1 aliphatic rings.